The lowest BCUT2D eigenvalue weighted by molar-refractivity contribution is 0.103. The van der Waals surface area contributed by atoms with Crippen LogP contribution < -0.4 is 0 Å². The summed E-state index contributed by atoms with van der Waals surface area (Å²) in [5, 5.41) is 8.80. The fourth-order valence-corrected chi connectivity index (χ4v) is 1.96. The number of nitrogens with zero attached hydrogens (tertiary/aromatic N) is 2. The minimum Gasteiger partial charge on any atom is -0.297 e. The number of likely N-dealkylation sites (tertiary alicyclic amines) is 1. The molecule has 1 aliphatic heterocycles. The molecule has 0 aromatic heterocycles. The number of piperidine rings is 1. The van der Waals surface area contributed by atoms with Crippen molar-refractivity contribution in [2.24, 2.45) is 5.92 Å². The van der Waals surface area contributed by atoms with Crippen LogP contribution in [-0.4, -0.2) is 23.5 Å². The second-order valence-corrected chi connectivity index (χ2v) is 4.04. The molecular formula is C10H18N2. The average Bonchev–Trinajstić information content (AvgIpc) is 2.05. The molecule has 12 heavy (non-hydrogen) atoms. The molecule has 0 bridgehead atoms. The quantitative estimate of drug-likeness (QED) is 0.596. The standard InChI is InChI=1S/C10H18N2/c1-8(2)12-7-10(6-11)5-4-9(12)3/h8-10H,4-5,7H2,1-3H3/t9-,10+/m0/s1. The molecule has 68 valence electrons. The van der Waals surface area contributed by atoms with Crippen LogP contribution in [0.25, 0.3) is 0 Å². The van der Waals surface area contributed by atoms with Gasteiger partial charge in [0, 0.05) is 18.6 Å². The Morgan fingerprint density at radius 2 is 2.08 bits per heavy atom. The Labute approximate surface area is 75.2 Å². The SMILES string of the molecule is CC(C)N1C[C@@H](C#N)CC[C@@H]1C. The van der Waals surface area contributed by atoms with Crippen LogP contribution in [0.2, 0.25) is 0 Å². The topological polar surface area (TPSA) is 27.0 Å². The van der Waals surface area contributed by atoms with Crippen molar-refractivity contribution in [3.8, 4) is 6.07 Å². The van der Waals surface area contributed by atoms with Gasteiger partial charge in [-0.3, -0.25) is 4.90 Å². The zero-order valence-corrected chi connectivity index (χ0v) is 8.25. The molecule has 1 saturated heterocycles. The van der Waals surface area contributed by atoms with E-state index in [9.17, 15) is 0 Å². The van der Waals surface area contributed by atoms with Crippen LogP contribution in [0, 0.1) is 17.2 Å². The molecule has 0 aliphatic carbocycles. The zero-order valence-electron chi connectivity index (χ0n) is 8.25. The van der Waals surface area contributed by atoms with Gasteiger partial charge in [-0.05, 0) is 33.6 Å². The number of hydrogen-bond acceptors (Lipinski definition) is 2. The minimum absolute atomic E-state index is 0.267. The Morgan fingerprint density at radius 1 is 1.42 bits per heavy atom. The third kappa shape index (κ3) is 1.98. The van der Waals surface area contributed by atoms with E-state index in [1.54, 1.807) is 0 Å². The van der Waals surface area contributed by atoms with E-state index in [0.29, 0.717) is 12.1 Å². The Balaban J connectivity index is 2.54. The first-order valence-electron chi connectivity index (χ1n) is 4.80. The summed E-state index contributed by atoms with van der Waals surface area (Å²) in [7, 11) is 0. The number of nitriles is 1. The molecule has 0 saturated carbocycles. The van der Waals surface area contributed by atoms with Crippen molar-refractivity contribution in [1.29, 1.82) is 5.26 Å². The van der Waals surface area contributed by atoms with Crippen molar-refractivity contribution in [2.45, 2.75) is 45.7 Å². The Hall–Kier alpha value is -0.550. The van der Waals surface area contributed by atoms with Gasteiger partial charge in [-0.25, -0.2) is 0 Å². The summed E-state index contributed by atoms with van der Waals surface area (Å²) in [5.74, 6) is 0.267. The van der Waals surface area contributed by atoms with E-state index >= 15 is 0 Å². The lowest BCUT2D eigenvalue weighted by Crippen LogP contribution is -2.45. The van der Waals surface area contributed by atoms with Crippen LogP contribution in [0.15, 0.2) is 0 Å². The van der Waals surface area contributed by atoms with Gasteiger partial charge in [0.15, 0.2) is 0 Å². The maximum Gasteiger partial charge on any atom is 0.0669 e. The Kier molecular flexibility index (Phi) is 3.11. The predicted molar refractivity (Wildman–Crippen MR) is 49.6 cm³/mol. The van der Waals surface area contributed by atoms with E-state index < -0.39 is 0 Å². The molecule has 0 unspecified atom stereocenters. The second kappa shape index (κ2) is 3.91. The van der Waals surface area contributed by atoms with E-state index in [1.165, 1.54) is 6.42 Å². The van der Waals surface area contributed by atoms with Crippen LogP contribution in [0.3, 0.4) is 0 Å². The highest BCUT2D eigenvalue weighted by Gasteiger charge is 2.26. The summed E-state index contributed by atoms with van der Waals surface area (Å²) < 4.78 is 0. The van der Waals surface area contributed by atoms with Crippen LogP contribution >= 0.6 is 0 Å². The molecule has 1 fully saturated rings. The summed E-state index contributed by atoms with van der Waals surface area (Å²) in [6, 6.07) is 3.61. The van der Waals surface area contributed by atoms with E-state index in [4.69, 9.17) is 5.26 Å². The van der Waals surface area contributed by atoms with E-state index in [0.717, 1.165) is 13.0 Å². The molecule has 0 aromatic rings. The van der Waals surface area contributed by atoms with Gasteiger partial charge in [-0.1, -0.05) is 0 Å². The van der Waals surface area contributed by atoms with Gasteiger partial charge >= 0.3 is 0 Å². The van der Waals surface area contributed by atoms with Gasteiger partial charge in [0.2, 0.25) is 0 Å². The van der Waals surface area contributed by atoms with E-state index in [1.807, 2.05) is 0 Å². The molecule has 2 nitrogen and oxygen atoms in total. The van der Waals surface area contributed by atoms with Crippen molar-refractivity contribution >= 4 is 0 Å². The highest BCUT2D eigenvalue weighted by atomic mass is 15.2. The van der Waals surface area contributed by atoms with E-state index in [2.05, 4.69) is 31.7 Å². The average molecular weight is 166 g/mol. The lowest BCUT2D eigenvalue weighted by Gasteiger charge is -2.38. The van der Waals surface area contributed by atoms with Crippen LogP contribution in [-0.2, 0) is 0 Å². The molecule has 1 rings (SSSR count). The van der Waals surface area contributed by atoms with Gasteiger partial charge in [0.25, 0.3) is 0 Å². The Morgan fingerprint density at radius 3 is 2.58 bits per heavy atom. The summed E-state index contributed by atoms with van der Waals surface area (Å²) in [4.78, 5) is 2.43. The largest absolute Gasteiger partial charge is 0.297 e. The maximum atomic E-state index is 8.80. The van der Waals surface area contributed by atoms with Crippen molar-refractivity contribution < 1.29 is 0 Å². The third-order valence-corrected chi connectivity index (χ3v) is 2.78. The molecule has 0 aromatic carbocycles. The summed E-state index contributed by atoms with van der Waals surface area (Å²) in [6.45, 7) is 7.63. The predicted octanol–water partition coefficient (Wildman–Crippen LogP) is 2.02. The van der Waals surface area contributed by atoms with Crippen molar-refractivity contribution in [3.63, 3.8) is 0 Å². The molecule has 1 heterocycles. The van der Waals surface area contributed by atoms with Crippen LogP contribution in [0.4, 0.5) is 0 Å². The van der Waals surface area contributed by atoms with Crippen molar-refractivity contribution in [3.05, 3.63) is 0 Å². The van der Waals surface area contributed by atoms with E-state index in [-0.39, 0.29) is 5.92 Å². The van der Waals surface area contributed by atoms with Gasteiger partial charge in [0.1, 0.15) is 0 Å². The van der Waals surface area contributed by atoms with Gasteiger partial charge < -0.3 is 0 Å². The minimum atomic E-state index is 0.267. The second-order valence-electron chi connectivity index (χ2n) is 4.04. The summed E-state index contributed by atoms with van der Waals surface area (Å²) in [5.41, 5.74) is 0. The molecule has 0 amide bonds. The maximum absolute atomic E-state index is 8.80. The molecule has 0 radical (unpaired) electrons. The molecule has 0 spiro atoms. The van der Waals surface area contributed by atoms with Crippen LogP contribution in [0.1, 0.15) is 33.6 Å². The summed E-state index contributed by atoms with van der Waals surface area (Å²) in [6.07, 6.45) is 2.26. The van der Waals surface area contributed by atoms with Crippen LogP contribution in [0.5, 0.6) is 0 Å². The normalized spacial score (nSPS) is 31.9. The highest BCUT2D eigenvalue weighted by molar-refractivity contribution is 4.91. The highest BCUT2D eigenvalue weighted by Crippen LogP contribution is 2.22. The number of hydrogen-bond donors (Lipinski definition) is 0. The first-order chi connectivity index (χ1) is 5.65. The van der Waals surface area contributed by atoms with Gasteiger partial charge in [0.05, 0.1) is 12.0 Å². The fraction of sp³-hybridized carbons (Fsp3) is 0.900. The first kappa shape index (κ1) is 9.54. The lowest BCUT2D eigenvalue weighted by atomic mass is 9.93. The van der Waals surface area contributed by atoms with Gasteiger partial charge in [-0.2, -0.15) is 5.26 Å². The van der Waals surface area contributed by atoms with Crippen molar-refractivity contribution in [1.82, 2.24) is 4.90 Å². The molecule has 1 aliphatic rings. The Bertz CT molecular complexity index is 181. The monoisotopic (exact) mass is 166 g/mol. The number of rotatable bonds is 1. The molecule has 2 atom stereocenters. The summed E-state index contributed by atoms with van der Waals surface area (Å²) >= 11 is 0. The molecular weight excluding hydrogens is 148 g/mol. The molecule has 2 heteroatoms. The fourth-order valence-electron chi connectivity index (χ4n) is 1.96. The third-order valence-electron chi connectivity index (χ3n) is 2.78. The first-order valence-corrected chi connectivity index (χ1v) is 4.80. The zero-order chi connectivity index (χ0) is 9.14. The smallest absolute Gasteiger partial charge is 0.0669 e. The van der Waals surface area contributed by atoms with Crippen molar-refractivity contribution in [2.75, 3.05) is 6.54 Å². The van der Waals surface area contributed by atoms with Gasteiger partial charge in [-0.15, -0.1) is 0 Å². The molecule has 0 N–H and O–H groups in total.